The molecule has 2 N–H and O–H groups in total. The summed E-state index contributed by atoms with van der Waals surface area (Å²) < 4.78 is 34.1. The van der Waals surface area contributed by atoms with Gasteiger partial charge < -0.3 is 20.1 Å². The highest BCUT2D eigenvalue weighted by Crippen LogP contribution is 2.31. The second kappa shape index (κ2) is 10.1. The molecule has 0 unspecified atom stereocenters. The number of anilines is 1. The normalized spacial score (nSPS) is 10.4. The smallest absolute Gasteiger partial charge is 0.387 e. The lowest BCUT2D eigenvalue weighted by Gasteiger charge is -2.12. The molecule has 0 saturated heterocycles. The van der Waals surface area contributed by atoms with E-state index in [0.717, 1.165) is 5.56 Å². The number of hydrogen-bond donors (Lipinski definition) is 2. The molecule has 0 atom stereocenters. The van der Waals surface area contributed by atoms with Crippen molar-refractivity contribution in [2.24, 2.45) is 0 Å². The minimum Gasteiger partial charge on any atom is -0.493 e. The van der Waals surface area contributed by atoms with E-state index in [4.69, 9.17) is 4.74 Å². The van der Waals surface area contributed by atoms with Crippen LogP contribution < -0.4 is 20.1 Å². The van der Waals surface area contributed by atoms with Crippen LogP contribution in [0.2, 0.25) is 0 Å². The van der Waals surface area contributed by atoms with Crippen molar-refractivity contribution < 1.29 is 27.8 Å². The molecule has 0 spiro atoms. The van der Waals surface area contributed by atoms with Crippen molar-refractivity contribution in [3.63, 3.8) is 0 Å². The first kappa shape index (κ1) is 20.2. The van der Waals surface area contributed by atoms with Gasteiger partial charge in [0.25, 0.3) is 0 Å². The van der Waals surface area contributed by atoms with Gasteiger partial charge >= 0.3 is 6.61 Å². The van der Waals surface area contributed by atoms with Gasteiger partial charge in [0, 0.05) is 24.7 Å². The first-order chi connectivity index (χ1) is 13.0. The minimum absolute atomic E-state index is 0.0393. The van der Waals surface area contributed by atoms with Crippen molar-refractivity contribution in [2.75, 3.05) is 19.0 Å². The number of hydrogen-bond acceptors (Lipinski definition) is 4. The third-order valence-corrected chi connectivity index (χ3v) is 3.55. The predicted molar refractivity (Wildman–Crippen MR) is 96.0 cm³/mol. The van der Waals surface area contributed by atoms with Gasteiger partial charge in [-0.15, -0.1) is 0 Å². The van der Waals surface area contributed by atoms with Crippen molar-refractivity contribution in [1.29, 1.82) is 0 Å². The SMILES string of the molecule is COc1ccc(NC(=O)CCNC(=O)Cc2ccccc2)cc1OC(F)F. The van der Waals surface area contributed by atoms with Crippen LogP contribution in [0.3, 0.4) is 0 Å². The molecule has 6 nitrogen and oxygen atoms in total. The van der Waals surface area contributed by atoms with E-state index in [1.54, 1.807) is 0 Å². The summed E-state index contributed by atoms with van der Waals surface area (Å²) in [7, 11) is 1.32. The van der Waals surface area contributed by atoms with Crippen molar-refractivity contribution in [3.8, 4) is 11.5 Å². The molecule has 0 aliphatic rings. The molecule has 0 fully saturated rings. The Morgan fingerprint density at radius 3 is 2.44 bits per heavy atom. The van der Waals surface area contributed by atoms with E-state index in [9.17, 15) is 18.4 Å². The number of halogens is 2. The van der Waals surface area contributed by atoms with Crippen LogP contribution in [0.5, 0.6) is 11.5 Å². The number of ether oxygens (including phenoxy) is 2. The van der Waals surface area contributed by atoms with Gasteiger partial charge in [-0.2, -0.15) is 8.78 Å². The van der Waals surface area contributed by atoms with Crippen LogP contribution in [-0.2, 0) is 16.0 Å². The summed E-state index contributed by atoms with van der Waals surface area (Å²) in [5, 5.41) is 5.22. The Bertz CT molecular complexity index is 770. The van der Waals surface area contributed by atoms with Crippen molar-refractivity contribution in [2.45, 2.75) is 19.5 Å². The third-order valence-electron chi connectivity index (χ3n) is 3.55. The number of benzene rings is 2. The number of methoxy groups -OCH3 is 1. The molecule has 0 aliphatic carbocycles. The number of rotatable bonds is 9. The van der Waals surface area contributed by atoms with E-state index >= 15 is 0 Å². The van der Waals surface area contributed by atoms with Crippen molar-refractivity contribution in [3.05, 3.63) is 54.1 Å². The number of carbonyl (C=O) groups is 2. The highest BCUT2D eigenvalue weighted by Gasteiger charge is 2.12. The summed E-state index contributed by atoms with van der Waals surface area (Å²) in [4.78, 5) is 23.8. The fraction of sp³-hybridized carbons (Fsp3) is 0.263. The Kier molecular flexibility index (Phi) is 7.54. The zero-order chi connectivity index (χ0) is 19.6. The monoisotopic (exact) mass is 378 g/mol. The molecule has 2 rings (SSSR count). The Balaban J connectivity index is 1.80. The van der Waals surface area contributed by atoms with Crippen LogP contribution in [-0.4, -0.2) is 32.1 Å². The Morgan fingerprint density at radius 2 is 1.78 bits per heavy atom. The van der Waals surface area contributed by atoms with Gasteiger partial charge in [-0.1, -0.05) is 30.3 Å². The van der Waals surface area contributed by atoms with E-state index in [-0.39, 0.29) is 48.4 Å². The largest absolute Gasteiger partial charge is 0.493 e. The van der Waals surface area contributed by atoms with Gasteiger partial charge in [-0.05, 0) is 17.7 Å². The van der Waals surface area contributed by atoms with Crippen LogP contribution in [0.25, 0.3) is 0 Å². The predicted octanol–water partition coefficient (Wildman–Crippen LogP) is 2.98. The summed E-state index contributed by atoms with van der Waals surface area (Å²) >= 11 is 0. The Labute approximate surface area is 155 Å². The van der Waals surface area contributed by atoms with E-state index < -0.39 is 6.61 Å². The van der Waals surface area contributed by atoms with Gasteiger partial charge in [0.05, 0.1) is 13.5 Å². The molecule has 0 aromatic heterocycles. The molecule has 27 heavy (non-hydrogen) atoms. The lowest BCUT2D eigenvalue weighted by atomic mass is 10.1. The molecule has 0 heterocycles. The van der Waals surface area contributed by atoms with Crippen molar-refractivity contribution >= 4 is 17.5 Å². The maximum atomic E-state index is 12.4. The van der Waals surface area contributed by atoms with E-state index in [2.05, 4.69) is 15.4 Å². The highest BCUT2D eigenvalue weighted by atomic mass is 19.3. The summed E-state index contributed by atoms with van der Waals surface area (Å²) in [5.74, 6) is -0.614. The lowest BCUT2D eigenvalue weighted by molar-refractivity contribution is -0.120. The average Bonchev–Trinajstić information content (AvgIpc) is 2.62. The summed E-state index contributed by atoms with van der Waals surface area (Å²) in [5.41, 5.74) is 1.16. The van der Waals surface area contributed by atoms with Gasteiger partial charge in [-0.25, -0.2) is 0 Å². The summed E-state index contributed by atoms with van der Waals surface area (Å²) in [6.45, 7) is -2.85. The zero-order valence-corrected chi connectivity index (χ0v) is 14.7. The Morgan fingerprint density at radius 1 is 1.04 bits per heavy atom. The molecule has 0 radical (unpaired) electrons. The molecule has 2 aromatic carbocycles. The van der Waals surface area contributed by atoms with E-state index in [0.29, 0.717) is 0 Å². The fourth-order valence-electron chi connectivity index (χ4n) is 2.33. The van der Waals surface area contributed by atoms with Crippen LogP contribution in [0.15, 0.2) is 48.5 Å². The van der Waals surface area contributed by atoms with Crippen LogP contribution in [0.4, 0.5) is 14.5 Å². The number of alkyl halides is 2. The molecular weight excluding hydrogens is 358 g/mol. The molecule has 0 bridgehead atoms. The maximum absolute atomic E-state index is 12.4. The molecule has 0 saturated carbocycles. The second-order valence-corrected chi connectivity index (χ2v) is 5.55. The highest BCUT2D eigenvalue weighted by molar-refractivity contribution is 5.91. The Hall–Kier alpha value is -3.16. The third kappa shape index (κ3) is 6.93. The molecule has 2 amide bonds. The maximum Gasteiger partial charge on any atom is 0.387 e. The number of amides is 2. The molecule has 8 heteroatoms. The summed E-state index contributed by atoms with van der Waals surface area (Å²) in [6.07, 6.45) is 0.271. The van der Waals surface area contributed by atoms with Crippen LogP contribution in [0, 0.1) is 0 Å². The molecule has 144 valence electrons. The topological polar surface area (TPSA) is 76.7 Å². The first-order valence-electron chi connectivity index (χ1n) is 8.21. The minimum atomic E-state index is -3.01. The van der Waals surface area contributed by atoms with Gasteiger partial charge in [-0.3, -0.25) is 9.59 Å². The zero-order valence-electron chi connectivity index (χ0n) is 14.7. The quantitative estimate of drug-likeness (QED) is 0.703. The van der Waals surface area contributed by atoms with Gasteiger partial charge in [0.15, 0.2) is 11.5 Å². The number of carbonyl (C=O) groups excluding carboxylic acids is 2. The van der Waals surface area contributed by atoms with Gasteiger partial charge in [0.2, 0.25) is 11.8 Å². The van der Waals surface area contributed by atoms with E-state index in [1.807, 2.05) is 30.3 Å². The molecule has 0 aliphatic heterocycles. The lowest BCUT2D eigenvalue weighted by Crippen LogP contribution is -2.28. The van der Waals surface area contributed by atoms with Gasteiger partial charge in [0.1, 0.15) is 0 Å². The second-order valence-electron chi connectivity index (χ2n) is 5.55. The average molecular weight is 378 g/mol. The standard InChI is InChI=1S/C19H20F2N2O4/c1-26-15-8-7-14(12-16(15)27-19(20)21)23-17(24)9-10-22-18(25)11-13-5-3-2-4-6-13/h2-8,12,19H,9-11H2,1H3,(H,22,25)(H,23,24). The van der Waals surface area contributed by atoms with E-state index in [1.165, 1.54) is 25.3 Å². The van der Waals surface area contributed by atoms with Crippen molar-refractivity contribution in [1.82, 2.24) is 5.32 Å². The number of nitrogens with one attached hydrogen (secondary N) is 2. The molecule has 2 aromatic rings. The van der Waals surface area contributed by atoms with Crippen LogP contribution >= 0.6 is 0 Å². The molecular formula is C19H20F2N2O4. The first-order valence-corrected chi connectivity index (χ1v) is 8.21. The fourth-order valence-corrected chi connectivity index (χ4v) is 2.33. The summed E-state index contributed by atoms with van der Waals surface area (Å²) in [6, 6.07) is 13.4. The van der Waals surface area contributed by atoms with Crippen LogP contribution in [0.1, 0.15) is 12.0 Å².